The molecule has 0 saturated carbocycles. The minimum absolute atomic E-state index is 0.518. The Morgan fingerprint density at radius 1 is 1.12 bits per heavy atom. The van der Waals surface area contributed by atoms with E-state index in [0.29, 0.717) is 11.3 Å². The van der Waals surface area contributed by atoms with E-state index in [4.69, 9.17) is 0 Å². The summed E-state index contributed by atoms with van der Waals surface area (Å²) in [6.45, 7) is 9.42. The second kappa shape index (κ2) is 6.08. The van der Waals surface area contributed by atoms with Crippen LogP contribution in [0.4, 0.5) is 0 Å². The molecule has 0 aromatic heterocycles. The number of rotatable bonds is 6. The maximum absolute atomic E-state index is 2.44. The summed E-state index contributed by atoms with van der Waals surface area (Å²) in [5.74, 6) is 0.678. The van der Waals surface area contributed by atoms with Crippen molar-refractivity contribution in [2.24, 2.45) is 5.41 Å². The molecule has 16 heavy (non-hydrogen) atoms. The lowest BCUT2D eigenvalue weighted by atomic mass is 9.74. The minimum atomic E-state index is 0.518. The summed E-state index contributed by atoms with van der Waals surface area (Å²) in [5.41, 5.74) is 2.00. The van der Waals surface area contributed by atoms with Gasteiger partial charge in [-0.2, -0.15) is 0 Å². The molecule has 2 atom stereocenters. The van der Waals surface area contributed by atoms with E-state index in [1.54, 1.807) is 0 Å². The van der Waals surface area contributed by atoms with Crippen LogP contribution in [0.3, 0.4) is 0 Å². The first-order chi connectivity index (χ1) is 7.61. The molecule has 1 aromatic carbocycles. The van der Waals surface area contributed by atoms with Gasteiger partial charge in [0, 0.05) is 0 Å². The quantitative estimate of drug-likeness (QED) is 0.600. The Hall–Kier alpha value is -0.780. The fourth-order valence-corrected chi connectivity index (χ4v) is 2.67. The molecule has 90 valence electrons. The predicted molar refractivity (Wildman–Crippen MR) is 72.8 cm³/mol. The van der Waals surface area contributed by atoms with Gasteiger partial charge < -0.3 is 0 Å². The van der Waals surface area contributed by atoms with Gasteiger partial charge in [-0.3, -0.25) is 0 Å². The summed E-state index contributed by atoms with van der Waals surface area (Å²) in [5, 5.41) is 0. The number of benzene rings is 1. The Morgan fingerprint density at radius 2 is 1.75 bits per heavy atom. The predicted octanol–water partition coefficient (Wildman–Crippen LogP) is 5.40. The van der Waals surface area contributed by atoms with Crippen molar-refractivity contribution >= 4 is 0 Å². The van der Waals surface area contributed by atoms with Gasteiger partial charge in [0.1, 0.15) is 0 Å². The normalized spacial score (nSPS) is 16.8. The topological polar surface area (TPSA) is 0 Å². The van der Waals surface area contributed by atoms with Crippen molar-refractivity contribution in [2.75, 3.05) is 0 Å². The van der Waals surface area contributed by atoms with Gasteiger partial charge in [-0.05, 0) is 29.7 Å². The third-order valence-corrected chi connectivity index (χ3v) is 3.87. The molecule has 0 aliphatic carbocycles. The molecule has 0 radical (unpaired) electrons. The molecule has 0 nitrogen and oxygen atoms in total. The zero-order valence-electron chi connectivity index (χ0n) is 11.3. The van der Waals surface area contributed by atoms with Crippen LogP contribution in [0.2, 0.25) is 0 Å². The zero-order valence-corrected chi connectivity index (χ0v) is 11.3. The molecule has 0 saturated heterocycles. The molecular weight excluding hydrogens is 192 g/mol. The lowest BCUT2D eigenvalue weighted by Gasteiger charge is -2.31. The van der Waals surface area contributed by atoms with Gasteiger partial charge in [0.25, 0.3) is 0 Å². The molecule has 0 spiro atoms. The van der Waals surface area contributed by atoms with Crippen molar-refractivity contribution in [3.05, 3.63) is 35.9 Å². The Balaban J connectivity index is 2.65. The molecule has 0 heteroatoms. The average molecular weight is 218 g/mol. The first-order valence-electron chi connectivity index (χ1n) is 6.66. The fraction of sp³-hybridized carbons (Fsp3) is 0.625. The zero-order chi connectivity index (χ0) is 12.0. The summed E-state index contributed by atoms with van der Waals surface area (Å²) in [7, 11) is 0. The van der Waals surface area contributed by atoms with Crippen molar-refractivity contribution in [2.45, 2.75) is 59.3 Å². The van der Waals surface area contributed by atoms with Gasteiger partial charge in [0.05, 0.1) is 0 Å². The van der Waals surface area contributed by atoms with Crippen molar-refractivity contribution < 1.29 is 0 Å². The highest BCUT2D eigenvalue weighted by Crippen LogP contribution is 2.37. The van der Waals surface area contributed by atoms with Crippen LogP contribution in [0, 0.1) is 5.41 Å². The van der Waals surface area contributed by atoms with Crippen LogP contribution in [0.1, 0.15) is 64.9 Å². The fourth-order valence-electron chi connectivity index (χ4n) is 2.67. The van der Waals surface area contributed by atoms with E-state index < -0.39 is 0 Å². The molecule has 0 amide bonds. The maximum Gasteiger partial charge on any atom is -0.0185 e. The first-order valence-corrected chi connectivity index (χ1v) is 6.66. The van der Waals surface area contributed by atoms with Crippen molar-refractivity contribution in [3.63, 3.8) is 0 Å². The standard InChI is InChI=1S/C16H26/c1-5-12-16(4,6-2)13-14(3)15-10-8-7-9-11-15/h7-11,14H,5-6,12-13H2,1-4H3. The molecule has 1 aromatic rings. The van der Waals surface area contributed by atoms with Gasteiger partial charge in [-0.25, -0.2) is 0 Å². The lowest BCUT2D eigenvalue weighted by Crippen LogP contribution is -2.17. The highest BCUT2D eigenvalue weighted by molar-refractivity contribution is 5.19. The van der Waals surface area contributed by atoms with Crippen LogP contribution in [0.15, 0.2) is 30.3 Å². The van der Waals surface area contributed by atoms with E-state index in [1.807, 2.05) is 0 Å². The minimum Gasteiger partial charge on any atom is -0.0654 e. The third kappa shape index (κ3) is 3.66. The smallest absolute Gasteiger partial charge is 0.0185 e. The summed E-state index contributed by atoms with van der Waals surface area (Å²) < 4.78 is 0. The molecule has 0 fully saturated rings. The van der Waals surface area contributed by atoms with Crippen LogP contribution in [0.25, 0.3) is 0 Å². The van der Waals surface area contributed by atoms with E-state index in [2.05, 4.69) is 58.0 Å². The number of hydrogen-bond donors (Lipinski definition) is 0. The lowest BCUT2D eigenvalue weighted by molar-refractivity contribution is 0.241. The monoisotopic (exact) mass is 218 g/mol. The van der Waals surface area contributed by atoms with Gasteiger partial charge in [-0.15, -0.1) is 0 Å². The van der Waals surface area contributed by atoms with Crippen LogP contribution >= 0.6 is 0 Å². The largest absolute Gasteiger partial charge is 0.0654 e. The van der Waals surface area contributed by atoms with Gasteiger partial charge in [0.2, 0.25) is 0 Å². The molecular formula is C16H26. The van der Waals surface area contributed by atoms with E-state index in [-0.39, 0.29) is 0 Å². The number of hydrogen-bond acceptors (Lipinski definition) is 0. The molecule has 0 heterocycles. The van der Waals surface area contributed by atoms with E-state index in [9.17, 15) is 0 Å². The molecule has 0 bridgehead atoms. The Labute approximate surface area is 101 Å². The average Bonchev–Trinajstić information content (AvgIpc) is 2.30. The molecule has 0 aliphatic rings. The van der Waals surface area contributed by atoms with E-state index in [0.717, 1.165) is 0 Å². The highest BCUT2D eigenvalue weighted by Gasteiger charge is 2.24. The van der Waals surface area contributed by atoms with Crippen LogP contribution in [0.5, 0.6) is 0 Å². The Morgan fingerprint density at radius 3 is 2.25 bits per heavy atom. The first kappa shape index (κ1) is 13.3. The van der Waals surface area contributed by atoms with Gasteiger partial charge >= 0.3 is 0 Å². The van der Waals surface area contributed by atoms with Gasteiger partial charge in [0.15, 0.2) is 0 Å². The SMILES string of the molecule is CCCC(C)(CC)CC(C)c1ccccc1. The summed E-state index contributed by atoms with van der Waals surface area (Å²) in [4.78, 5) is 0. The Kier molecular flexibility index (Phi) is 5.05. The van der Waals surface area contributed by atoms with Crippen molar-refractivity contribution in [3.8, 4) is 0 Å². The van der Waals surface area contributed by atoms with Crippen LogP contribution in [-0.2, 0) is 0 Å². The highest BCUT2D eigenvalue weighted by atomic mass is 14.3. The maximum atomic E-state index is 2.44. The van der Waals surface area contributed by atoms with Crippen LogP contribution < -0.4 is 0 Å². The molecule has 2 unspecified atom stereocenters. The second-order valence-corrected chi connectivity index (χ2v) is 5.43. The molecule has 0 aliphatic heterocycles. The summed E-state index contributed by atoms with van der Waals surface area (Å²) in [6.07, 6.45) is 5.24. The third-order valence-electron chi connectivity index (χ3n) is 3.87. The summed E-state index contributed by atoms with van der Waals surface area (Å²) >= 11 is 0. The van der Waals surface area contributed by atoms with E-state index in [1.165, 1.54) is 31.2 Å². The molecule has 1 rings (SSSR count). The van der Waals surface area contributed by atoms with E-state index >= 15 is 0 Å². The van der Waals surface area contributed by atoms with Crippen LogP contribution in [-0.4, -0.2) is 0 Å². The van der Waals surface area contributed by atoms with Gasteiger partial charge in [-0.1, -0.05) is 70.9 Å². The van der Waals surface area contributed by atoms with Crippen molar-refractivity contribution in [1.29, 1.82) is 0 Å². The second-order valence-electron chi connectivity index (χ2n) is 5.43. The van der Waals surface area contributed by atoms with Crippen molar-refractivity contribution in [1.82, 2.24) is 0 Å². The summed E-state index contributed by atoms with van der Waals surface area (Å²) in [6, 6.07) is 10.9. The molecule has 0 N–H and O–H groups in total. The Bertz CT molecular complexity index is 288.